The number of benzene rings is 5. The van der Waals surface area contributed by atoms with Gasteiger partial charge in [0.2, 0.25) is 5.91 Å². The third-order valence-electron chi connectivity index (χ3n) is 7.26. The van der Waals surface area contributed by atoms with E-state index in [1.54, 1.807) is 66.7 Å². The number of rotatable bonds is 8. The van der Waals surface area contributed by atoms with Crippen LogP contribution < -0.4 is 10.6 Å². The Hall–Kier alpha value is -5.87. The van der Waals surface area contributed by atoms with Crippen molar-refractivity contribution < 1.29 is 24.1 Å². The number of anilines is 2. The van der Waals surface area contributed by atoms with E-state index in [1.807, 2.05) is 30.3 Å². The van der Waals surface area contributed by atoms with Crippen LogP contribution in [0.15, 0.2) is 126 Å². The van der Waals surface area contributed by atoms with Crippen LogP contribution in [-0.2, 0) is 4.79 Å². The van der Waals surface area contributed by atoms with E-state index in [0.717, 1.165) is 10.5 Å². The Morgan fingerprint density at radius 2 is 1.29 bits per heavy atom. The maximum absolute atomic E-state index is 13.8. The van der Waals surface area contributed by atoms with Crippen molar-refractivity contribution >= 4 is 52.2 Å². The van der Waals surface area contributed by atoms with Crippen molar-refractivity contribution in [1.82, 2.24) is 0 Å². The van der Waals surface area contributed by atoms with Crippen molar-refractivity contribution in [3.05, 3.63) is 165 Å². The molecular formula is C35H23N3O6S. The van der Waals surface area contributed by atoms with Gasteiger partial charge in [-0.3, -0.25) is 29.3 Å². The SMILES string of the molecule is O=C(Nc1ccc(SC(C(=O)Nc2cccc3c2C(=O)c2ccccc2C3=O)c2ccccc2)cc1)c1ccc([N+](=O)[O-])cc1. The average Bonchev–Trinajstić information content (AvgIpc) is 3.07. The summed E-state index contributed by atoms with van der Waals surface area (Å²) in [5.41, 5.74) is 2.70. The Bertz CT molecular complexity index is 1980. The van der Waals surface area contributed by atoms with Crippen LogP contribution in [0.5, 0.6) is 0 Å². The summed E-state index contributed by atoms with van der Waals surface area (Å²) in [5.74, 6) is -1.40. The number of thioether (sulfide) groups is 1. The van der Waals surface area contributed by atoms with E-state index in [-0.39, 0.29) is 45.5 Å². The monoisotopic (exact) mass is 613 g/mol. The predicted octanol–water partition coefficient (Wildman–Crippen LogP) is 7.09. The largest absolute Gasteiger partial charge is 0.324 e. The van der Waals surface area contributed by atoms with Crippen LogP contribution in [0.4, 0.5) is 17.1 Å². The van der Waals surface area contributed by atoms with Crippen LogP contribution in [-0.4, -0.2) is 28.3 Å². The fourth-order valence-electron chi connectivity index (χ4n) is 5.04. The highest BCUT2D eigenvalue weighted by Crippen LogP contribution is 2.38. The minimum absolute atomic E-state index is 0.109. The molecule has 6 rings (SSSR count). The first-order valence-electron chi connectivity index (χ1n) is 13.8. The van der Waals surface area contributed by atoms with Gasteiger partial charge in [0.15, 0.2) is 11.6 Å². The van der Waals surface area contributed by atoms with E-state index in [1.165, 1.54) is 36.0 Å². The maximum Gasteiger partial charge on any atom is 0.269 e. The highest BCUT2D eigenvalue weighted by Gasteiger charge is 2.32. The molecule has 9 nitrogen and oxygen atoms in total. The van der Waals surface area contributed by atoms with Crippen LogP contribution in [0.2, 0.25) is 0 Å². The van der Waals surface area contributed by atoms with Gasteiger partial charge in [0.05, 0.1) is 16.2 Å². The Labute approximate surface area is 261 Å². The van der Waals surface area contributed by atoms with Gasteiger partial charge in [0.1, 0.15) is 5.25 Å². The topological polar surface area (TPSA) is 135 Å². The zero-order valence-electron chi connectivity index (χ0n) is 23.4. The van der Waals surface area contributed by atoms with E-state index in [4.69, 9.17) is 0 Å². The number of ketones is 2. The summed E-state index contributed by atoms with van der Waals surface area (Å²) in [7, 11) is 0. The van der Waals surface area contributed by atoms with Gasteiger partial charge in [0.25, 0.3) is 11.6 Å². The highest BCUT2D eigenvalue weighted by molar-refractivity contribution is 8.00. The zero-order chi connectivity index (χ0) is 31.5. The quantitative estimate of drug-likeness (QED) is 0.106. The fourth-order valence-corrected chi connectivity index (χ4v) is 6.06. The lowest BCUT2D eigenvalue weighted by Crippen LogP contribution is -2.25. The molecule has 0 spiro atoms. The summed E-state index contributed by atoms with van der Waals surface area (Å²) < 4.78 is 0. The van der Waals surface area contributed by atoms with Crippen molar-refractivity contribution in [2.45, 2.75) is 10.1 Å². The summed E-state index contributed by atoms with van der Waals surface area (Å²) in [6.45, 7) is 0. The van der Waals surface area contributed by atoms with Gasteiger partial charge in [-0.05, 0) is 48.0 Å². The number of fused-ring (bicyclic) bond motifs is 2. The minimum Gasteiger partial charge on any atom is -0.324 e. The molecule has 45 heavy (non-hydrogen) atoms. The van der Waals surface area contributed by atoms with Crippen LogP contribution >= 0.6 is 11.8 Å². The first-order valence-corrected chi connectivity index (χ1v) is 14.7. The molecule has 0 saturated carbocycles. The molecule has 10 heteroatoms. The third-order valence-corrected chi connectivity index (χ3v) is 8.52. The molecular weight excluding hydrogens is 590 g/mol. The number of nitrogens with one attached hydrogen (secondary N) is 2. The second kappa shape index (κ2) is 12.4. The molecule has 5 aromatic carbocycles. The van der Waals surface area contributed by atoms with Crippen molar-refractivity contribution in [3.8, 4) is 0 Å². The van der Waals surface area contributed by atoms with Gasteiger partial charge in [-0.1, -0.05) is 66.7 Å². The number of hydrogen-bond donors (Lipinski definition) is 2. The lowest BCUT2D eigenvalue weighted by atomic mass is 9.83. The summed E-state index contributed by atoms with van der Waals surface area (Å²) >= 11 is 1.28. The predicted molar refractivity (Wildman–Crippen MR) is 171 cm³/mol. The van der Waals surface area contributed by atoms with E-state index in [0.29, 0.717) is 16.8 Å². The molecule has 1 aliphatic rings. The molecule has 0 saturated heterocycles. The lowest BCUT2D eigenvalue weighted by Gasteiger charge is -2.22. The molecule has 2 amide bonds. The van der Waals surface area contributed by atoms with Gasteiger partial charge in [0, 0.05) is 45.0 Å². The Morgan fingerprint density at radius 1 is 0.667 bits per heavy atom. The van der Waals surface area contributed by atoms with Crippen molar-refractivity contribution in [3.63, 3.8) is 0 Å². The number of nitro groups is 1. The Morgan fingerprint density at radius 3 is 1.96 bits per heavy atom. The van der Waals surface area contributed by atoms with E-state index in [9.17, 15) is 29.3 Å². The van der Waals surface area contributed by atoms with Crippen molar-refractivity contribution in [1.29, 1.82) is 0 Å². The second-order valence-corrected chi connectivity index (χ2v) is 11.3. The van der Waals surface area contributed by atoms with Gasteiger partial charge in [-0.15, -0.1) is 11.8 Å². The third kappa shape index (κ3) is 5.99. The van der Waals surface area contributed by atoms with Crippen molar-refractivity contribution in [2.24, 2.45) is 0 Å². The number of nitro benzene ring substituents is 1. The van der Waals surface area contributed by atoms with E-state index < -0.39 is 16.1 Å². The second-order valence-electron chi connectivity index (χ2n) is 10.1. The number of nitrogens with zero attached hydrogens (tertiary/aromatic N) is 1. The first kappa shape index (κ1) is 29.2. The van der Waals surface area contributed by atoms with E-state index >= 15 is 0 Å². The molecule has 220 valence electrons. The Balaban J connectivity index is 1.22. The molecule has 0 aromatic heterocycles. The maximum atomic E-state index is 13.8. The van der Waals surface area contributed by atoms with Crippen LogP contribution in [0.25, 0.3) is 0 Å². The number of non-ortho nitro benzene ring substituents is 1. The summed E-state index contributed by atoms with van der Waals surface area (Å²) in [6, 6.07) is 32.9. The van der Waals surface area contributed by atoms with Crippen LogP contribution in [0.3, 0.4) is 0 Å². The first-order chi connectivity index (χ1) is 21.8. The van der Waals surface area contributed by atoms with Gasteiger partial charge < -0.3 is 10.6 Å². The number of carbonyl (C=O) groups is 4. The zero-order valence-corrected chi connectivity index (χ0v) is 24.2. The molecule has 1 aliphatic carbocycles. The molecule has 2 N–H and O–H groups in total. The molecule has 0 bridgehead atoms. The smallest absolute Gasteiger partial charge is 0.269 e. The summed E-state index contributed by atoms with van der Waals surface area (Å²) in [6.07, 6.45) is 0. The average molecular weight is 614 g/mol. The number of amides is 2. The molecule has 5 aromatic rings. The molecule has 0 heterocycles. The number of hydrogen-bond acceptors (Lipinski definition) is 7. The number of carbonyl (C=O) groups excluding carboxylic acids is 4. The van der Waals surface area contributed by atoms with E-state index in [2.05, 4.69) is 10.6 Å². The summed E-state index contributed by atoms with van der Waals surface area (Å²) in [5, 5.41) is 15.8. The van der Waals surface area contributed by atoms with Gasteiger partial charge in [-0.2, -0.15) is 0 Å². The van der Waals surface area contributed by atoms with Gasteiger partial charge >= 0.3 is 0 Å². The standard InChI is InChI=1S/C35H23N3O6S/c39-31-26-9-4-5-10-27(26)32(40)30-28(31)11-6-12-29(30)37-35(42)33(21-7-2-1-3-8-21)45-25-19-15-23(16-20-25)36-34(41)22-13-17-24(18-14-22)38(43)44/h1-20,33H,(H,36,41)(H,37,42). The van der Waals surface area contributed by atoms with Crippen LogP contribution in [0, 0.1) is 10.1 Å². The van der Waals surface area contributed by atoms with Gasteiger partial charge in [-0.25, -0.2) is 0 Å². The van der Waals surface area contributed by atoms with Crippen LogP contribution in [0.1, 0.15) is 53.0 Å². The fraction of sp³-hybridized carbons (Fsp3) is 0.0286. The minimum atomic E-state index is -0.718. The van der Waals surface area contributed by atoms with Crippen molar-refractivity contribution in [2.75, 3.05) is 10.6 Å². The molecule has 0 aliphatic heterocycles. The normalized spacial score (nSPS) is 12.4. The lowest BCUT2D eigenvalue weighted by molar-refractivity contribution is -0.384. The highest BCUT2D eigenvalue weighted by atomic mass is 32.2. The molecule has 0 fully saturated rings. The molecule has 1 atom stereocenters. The summed E-state index contributed by atoms with van der Waals surface area (Å²) in [4.78, 5) is 64.2. The Kier molecular flexibility index (Phi) is 8.04. The molecule has 1 unspecified atom stereocenters. The molecule has 0 radical (unpaired) electrons.